The smallest absolute Gasteiger partial charge is 0.269 e. The number of nitro groups is 1. The molecule has 3 aromatic rings. The van der Waals surface area contributed by atoms with Crippen LogP contribution in [0.1, 0.15) is 11.3 Å². The highest BCUT2D eigenvalue weighted by Gasteiger charge is 2.11. The van der Waals surface area contributed by atoms with E-state index in [0.717, 1.165) is 11.3 Å². The summed E-state index contributed by atoms with van der Waals surface area (Å²) in [4.78, 5) is 22.3. The molecule has 0 spiro atoms. The van der Waals surface area contributed by atoms with E-state index < -0.39 is 4.92 Å². The Balaban J connectivity index is 1.60. The van der Waals surface area contributed by atoms with Crippen molar-refractivity contribution in [2.24, 2.45) is 0 Å². The van der Waals surface area contributed by atoms with Crippen LogP contribution in [0.15, 0.2) is 60.7 Å². The predicted octanol–water partition coefficient (Wildman–Crippen LogP) is 3.17. The van der Waals surface area contributed by atoms with Crippen molar-refractivity contribution >= 4 is 17.4 Å². The van der Waals surface area contributed by atoms with Gasteiger partial charge in [0.15, 0.2) is 6.61 Å². The van der Waals surface area contributed by atoms with Gasteiger partial charge in [-0.15, -0.1) is 0 Å². The number of carbonyl (C=O) groups excluding carboxylic acids is 1. The van der Waals surface area contributed by atoms with Gasteiger partial charge in [0.25, 0.3) is 11.6 Å². The summed E-state index contributed by atoms with van der Waals surface area (Å²) < 4.78 is 7.09. The molecule has 1 amide bonds. The number of aromatic nitrogens is 2. The fraction of sp³-hybridized carbons (Fsp3) is 0.158. The van der Waals surface area contributed by atoms with Gasteiger partial charge in [0.1, 0.15) is 11.6 Å². The van der Waals surface area contributed by atoms with Crippen LogP contribution in [0.2, 0.25) is 0 Å². The summed E-state index contributed by atoms with van der Waals surface area (Å²) >= 11 is 0. The van der Waals surface area contributed by atoms with E-state index in [1.54, 1.807) is 10.7 Å². The molecule has 0 saturated carbocycles. The second-order valence-corrected chi connectivity index (χ2v) is 5.90. The molecule has 3 rings (SSSR count). The van der Waals surface area contributed by atoms with E-state index in [-0.39, 0.29) is 18.2 Å². The van der Waals surface area contributed by atoms with Crippen molar-refractivity contribution in [1.82, 2.24) is 9.78 Å². The van der Waals surface area contributed by atoms with Crippen molar-refractivity contribution in [1.29, 1.82) is 0 Å². The maximum atomic E-state index is 12.2. The number of hydrogen-bond acceptors (Lipinski definition) is 5. The molecule has 0 unspecified atom stereocenters. The van der Waals surface area contributed by atoms with Gasteiger partial charge in [0, 0.05) is 18.2 Å². The van der Waals surface area contributed by atoms with Crippen LogP contribution < -0.4 is 10.1 Å². The zero-order valence-corrected chi connectivity index (χ0v) is 14.7. The number of anilines is 1. The molecule has 0 bridgehead atoms. The van der Waals surface area contributed by atoms with Gasteiger partial charge in [-0.25, -0.2) is 4.68 Å². The van der Waals surface area contributed by atoms with Crippen molar-refractivity contribution in [3.8, 4) is 5.75 Å². The summed E-state index contributed by atoms with van der Waals surface area (Å²) in [6.07, 6.45) is 0. The zero-order chi connectivity index (χ0) is 19.2. The maximum Gasteiger partial charge on any atom is 0.269 e. The SMILES string of the molecule is Cc1cc(NC(=O)COc2ccc([N+](=O)[O-])cc2)n(Cc2ccccc2)n1. The first-order valence-electron chi connectivity index (χ1n) is 8.27. The Labute approximate surface area is 155 Å². The second-order valence-electron chi connectivity index (χ2n) is 5.90. The van der Waals surface area contributed by atoms with Crippen LogP contribution in [0.5, 0.6) is 5.75 Å². The van der Waals surface area contributed by atoms with E-state index in [1.807, 2.05) is 37.3 Å². The maximum absolute atomic E-state index is 12.2. The van der Waals surface area contributed by atoms with Crippen LogP contribution >= 0.6 is 0 Å². The molecule has 0 radical (unpaired) electrons. The third-order valence-corrected chi connectivity index (χ3v) is 3.76. The van der Waals surface area contributed by atoms with Crippen LogP contribution in [0.25, 0.3) is 0 Å². The van der Waals surface area contributed by atoms with Gasteiger partial charge in [-0.1, -0.05) is 30.3 Å². The number of amides is 1. The first-order chi connectivity index (χ1) is 13.0. The van der Waals surface area contributed by atoms with Crippen molar-refractivity contribution in [3.05, 3.63) is 82.0 Å². The Hall–Kier alpha value is -3.68. The van der Waals surface area contributed by atoms with Crippen LogP contribution in [-0.4, -0.2) is 27.2 Å². The molecule has 0 saturated heterocycles. The molecular weight excluding hydrogens is 348 g/mol. The Kier molecular flexibility index (Phi) is 5.46. The summed E-state index contributed by atoms with van der Waals surface area (Å²) in [5.74, 6) is 0.612. The lowest BCUT2D eigenvalue weighted by Crippen LogP contribution is -2.22. The molecule has 0 aliphatic carbocycles. The molecule has 27 heavy (non-hydrogen) atoms. The van der Waals surface area contributed by atoms with Gasteiger partial charge in [-0.2, -0.15) is 5.10 Å². The standard InChI is InChI=1S/C19H18N4O4/c1-14-11-18(22(21-14)12-15-5-3-2-4-6-15)20-19(24)13-27-17-9-7-16(8-10-17)23(25)26/h2-11H,12-13H2,1H3,(H,20,24). The third-order valence-electron chi connectivity index (χ3n) is 3.76. The summed E-state index contributed by atoms with van der Waals surface area (Å²) in [6.45, 7) is 2.17. The summed E-state index contributed by atoms with van der Waals surface area (Å²) in [6, 6.07) is 17.1. The van der Waals surface area contributed by atoms with Crippen LogP contribution in [0.4, 0.5) is 11.5 Å². The van der Waals surface area contributed by atoms with Crippen molar-refractivity contribution in [2.75, 3.05) is 11.9 Å². The normalized spacial score (nSPS) is 10.4. The van der Waals surface area contributed by atoms with E-state index >= 15 is 0 Å². The fourth-order valence-corrected chi connectivity index (χ4v) is 2.51. The highest BCUT2D eigenvalue weighted by atomic mass is 16.6. The minimum absolute atomic E-state index is 0.0351. The minimum Gasteiger partial charge on any atom is -0.484 e. The molecule has 0 aliphatic heterocycles. The van der Waals surface area contributed by atoms with Crippen LogP contribution in [0, 0.1) is 17.0 Å². The van der Waals surface area contributed by atoms with E-state index in [1.165, 1.54) is 24.3 Å². The molecule has 2 aromatic carbocycles. The molecule has 8 nitrogen and oxygen atoms in total. The predicted molar refractivity (Wildman–Crippen MR) is 99.7 cm³/mol. The molecule has 0 aliphatic rings. The van der Waals surface area contributed by atoms with Crippen molar-refractivity contribution in [2.45, 2.75) is 13.5 Å². The monoisotopic (exact) mass is 366 g/mol. The van der Waals surface area contributed by atoms with Gasteiger partial charge in [-0.05, 0) is 24.6 Å². The lowest BCUT2D eigenvalue weighted by Gasteiger charge is -2.10. The topological polar surface area (TPSA) is 99.3 Å². The first kappa shape index (κ1) is 18.1. The highest BCUT2D eigenvalue weighted by molar-refractivity contribution is 5.91. The number of nitrogens with zero attached hydrogens (tertiary/aromatic N) is 3. The Morgan fingerprint density at radius 2 is 1.89 bits per heavy atom. The average Bonchev–Trinajstić information content (AvgIpc) is 3.00. The van der Waals surface area contributed by atoms with Gasteiger partial charge in [0.2, 0.25) is 0 Å². The molecule has 138 valence electrons. The average molecular weight is 366 g/mol. The molecule has 1 aromatic heterocycles. The molecular formula is C19H18N4O4. The first-order valence-corrected chi connectivity index (χ1v) is 8.27. The van der Waals surface area contributed by atoms with Gasteiger partial charge >= 0.3 is 0 Å². The van der Waals surface area contributed by atoms with Gasteiger partial charge in [-0.3, -0.25) is 14.9 Å². The highest BCUT2D eigenvalue weighted by Crippen LogP contribution is 2.17. The molecule has 1 N–H and O–H groups in total. The number of carbonyl (C=O) groups is 1. The minimum atomic E-state index is -0.493. The lowest BCUT2D eigenvalue weighted by molar-refractivity contribution is -0.384. The summed E-state index contributed by atoms with van der Waals surface area (Å²) in [5, 5.41) is 17.8. The number of benzene rings is 2. The van der Waals surface area contributed by atoms with Crippen LogP contribution in [0.3, 0.4) is 0 Å². The number of non-ortho nitro benzene ring substituents is 1. The number of hydrogen-bond donors (Lipinski definition) is 1. The number of aryl methyl sites for hydroxylation is 1. The Bertz CT molecular complexity index is 936. The van der Waals surface area contributed by atoms with Crippen molar-refractivity contribution in [3.63, 3.8) is 0 Å². The van der Waals surface area contributed by atoms with E-state index in [0.29, 0.717) is 18.1 Å². The quantitative estimate of drug-likeness (QED) is 0.511. The zero-order valence-electron chi connectivity index (χ0n) is 14.7. The molecule has 0 atom stereocenters. The third kappa shape index (κ3) is 4.91. The molecule has 8 heteroatoms. The number of nitro benzene ring substituents is 1. The largest absolute Gasteiger partial charge is 0.484 e. The van der Waals surface area contributed by atoms with Crippen molar-refractivity contribution < 1.29 is 14.5 Å². The number of ether oxygens (including phenoxy) is 1. The van der Waals surface area contributed by atoms with Gasteiger partial charge in [0.05, 0.1) is 17.2 Å². The summed E-state index contributed by atoms with van der Waals surface area (Å²) in [5.41, 5.74) is 1.82. The number of nitrogens with one attached hydrogen (secondary N) is 1. The Morgan fingerprint density at radius 1 is 1.19 bits per heavy atom. The van der Waals surface area contributed by atoms with E-state index in [2.05, 4.69) is 10.4 Å². The molecule has 1 heterocycles. The Morgan fingerprint density at radius 3 is 2.56 bits per heavy atom. The lowest BCUT2D eigenvalue weighted by atomic mass is 10.2. The second kappa shape index (κ2) is 8.13. The summed E-state index contributed by atoms with van der Waals surface area (Å²) in [7, 11) is 0. The van der Waals surface area contributed by atoms with E-state index in [4.69, 9.17) is 4.74 Å². The van der Waals surface area contributed by atoms with Crippen LogP contribution in [-0.2, 0) is 11.3 Å². The number of rotatable bonds is 7. The fourth-order valence-electron chi connectivity index (χ4n) is 2.51. The van der Waals surface area contributed by atoms with E-state index in [9.17, 15) is 14.9 Å². The van der Waals surface area contributed by atoms with Gasteiger partial charge < -0.3 is 10.1 Å². The molecule has 0 fully saturated rings.